The second-order valence-electron chi connectivity index (χ2n) is 3.60. The van der Waals surface area contributed by atoms with Gasteiger partial charge in [0, 0.05) is 20.0 Å². The molecule has 14 heavy (non-hydrogen) atoms. The fourth-order valence-corrected chi connectivity index (χ4v) is 1.70. The maximum atomic E-state index is 10.7. The van der Waals surface area contributed by atoms with Crippen molar-refractivity contribution >= 4 is 12.0 Å². The van der Waals surface area contributed by atoms with E-state index in [0.717, 1.165) is 12.8 Å². The molecule has 0 heterocycles. The average molecular weight is 198 g/mol. The van der Waals surface area contributed by atoms with Crippen LogP contribution >= 0.6 is 0 Å². The second kappa shape index (κ2) is 5.62. The number of esters is 1. The van der Waals surface area contributed by atoms with Gasteiger partial charge in [-0.3, -0.25) is 4.79 Å². The molecule has 0 unspecified atom stereocenters. The normalized spacial score (nSPS) is 19.1. The van der Waals surface area contributed by atoms with Crippen molar-refractivity contribution in [2.24, 2.45) is 4.99 Å². The molecule has 80 valence electrons. The van der Waals surface area contributed by atoms with Crippen LogP contribution in [0.3, 0.4) is 0 Å². The van der Waals surface area contributed by atoms with Crippen LogP contribution in [0.25, 0.3) is 0 Å². The van der Waals surface area contributed by atoms with E-state index < -0.39 is 0 Å². The van der Waals surface area contributed by atoms with E-state index in [9.17, 15) is 4.79 Å². The van der Waals surface area contributed by atoms with Crippen LogP contribution < -0.4 is 5.32 Å². The molecule has 1 fully saturated rings. The average Bonchev–Trinajstić information content (AvgIpc) is 2.17. The first-order valence-corrected chi connectivity index (χ1v) is 5.14. The summed E-state index contributed by atoms with van der Waals surface area (Å²) in [6.07, 6.45) is 6.08. The van der Waals surface area contributed by atoms with Crippen LogP contribution in [0, 0.1) is 0 Å². The van der Waals surface area contributed by atoms with Crippen molar-refractivity contribution in [2.75, 3.05) is 7.05 Å². The molecule has 1 N–H and O–H groups in total. The first kappa shape index (κ1) is 11.0. The summed E-state index contributed by atoms with van der Waals surface area (Å²) in [4.78, 5) is 14.6. The number of nitrogens with one attached hydrogen (secondary N) is 1. The van der Waals surface area contributed by atoms with Crippen LogP contribution in [0.15, 0.2) is 4.99 Å². The molecule has 1 saturated carbocycles. The van der Waals surface area contributed by atoms with Crippen molar-refractivity contribution in [3.8, 4) is 0 Å². The minimum absolute atomic E-state index is 0.325. The van der Waals surface area contributed by atoms with E-state index in [1.807, 2.05) is 0 Å². The summed E-state index contributed by atoms with van der Waals surface area (Å²) in [5.41, 5.74) is 0. The van der Waals surface area contributed by atoms with Crippen LogP contribution in [0.4, 0.5) is 0 Å². The predicted octanol–water partition coefficient (Wildman–Crippen LogP) is 1.46. The number of carbonyl (C=O) groups is 1. The Bertz CT molecular complexity index is 220. The number of carbonyl (C=O) groups excluding carboxylic acids is 1. The first-order chi connectivity index (χ1) is 6.72. The van der Waals surface area contributed by atoms with Crippen LogP contribution in [0.2, 0.25) is 0 Å². The minimum Gasteiger partial charge on any atom is -0.393 e. The molecule has 4 nitrogen and oxygen atoms in total. The summed E-state index contributed by atoms with van der Waals surface area (Å²) in [6, 6.07) is 0.770. The molecule has 0 aromatic carbocycles. The van der Waals surface area contributed by atoms with Gasteiger partial charge >= 0.3 is 5.97 Å². The van der Waals surface area contributed by atoms with Gasteiger partial charge < -0.3 is 10.1 Å². The van der Waals surface area contributed by atoms with E-state index >= 15 is 0 Å². The molecule has 0 saturated heterocycles. The van der Waals surface area contributed by atoms with Gasteiger partial charge in [0.05, 0.1) is 0 Å². The number of aliphatic imine (C=N–C) groups is 1. The zero-order valence-corrected chi connectivity index (χ0v) is 8.88. The zero-order valence-electron chi connectivity index (χ0n) is 8.88. The standard InChI is InChI=1S/C10H18N2O2/c1-8(13)14-10(11-2)12-9-6-4-3-5-7-9/h9H,3-7H2,1-2H3,(H,11,12). The van der Waals surface area contributed by atoms with Gasteiger partial charge in [0.2, 0.25) is 0 Å². The van der Waals surface area contributed by atoms with Gasteiger partial charge in [-0.05, 0) is 12.8 Å². The minimum atomic E-state index is -0.325. The van der Waals surface area contributed by atoms with Crippen molar-refractivity contribution in [3.63, 3.8) is 0 Å². The van der Waals surface area contributed by atoms with Crippen molar-refractivity contribution in [2.45, 2.75) is 45.1 Å². The topological polar surface area (TPSA) is 50.7 Å². The highest BCUT2D eigenvalue weighted by molar-refractivity contribution is 5.86. The Labute approximate surface area is 84.7 Å². The number of amidine groups is 1. The van der Waals surface area contributed by atoms with Crippen molar-refractivity contribution in [1.29, 1.82) is 0 Å². The molecule has 0 bridgehead atoms. The van der Waals surface area contributed by atoms with Gasteiger partial charge in [-0.15, -0.1) is 0 Å². The third kappa shape index (κ3) is 3.77. The van der Waals surface area contributed by atoms with Crippen LogP contribution in [0.5, 0.6) is 0 Å². The Hall–Kier alpha value is -1.06. The van der Waals surface area contributed by atoms with E-state index in [1.165, 1.54) is 26.2 Å². The highest BCUT2D eigenvalue weighted by Gasteiger charge is 2.15. The number of ether oxygens (including phenoxy) is 1. The van der Waals surface area contributed by atoms with Crippen LogP contribution in [-0.2, 0) is 9.53 Å². The zero-order chi connectivity index (χ0) is 10.4. The van der Waals surface area contributed by atoms with Crippen LogP contribution in [0.1, 0.15) is 39.0 Å². The van der Waals surface area contributed by atoms with E-state index in [1.54, 1.807) is 7.05 Å². The Balaban J connectivity index is 2.35. The molecule has 1 rings (SSSR count). The van der Waals surface area contributed by atoms with Gasteiger partial charge in [0.1, 0.15) is 0 Å². The molecular formula is C10H18N2O2. The Morgan fingerprint density at radius 2 is 2.00 bits per heavy atom. The molecule has 0 spiro atoms. The van der Waals surface area contributed by atoms with E-state index in [2.05, 4.69) is 10.3 Å². The predicted molar refractivity (Wildman–Crippen MR) is 55.1 cm³/mol. The second-order valence-corrected chi connectivity index (χ2v) is 3.60. The van der Waals surface area contributed by atoms with Gasteiger partial charge in [-0.2, -0.15) is 0 Å². The fraction of sp³-hybridized carbons (Fsp3) is 0.800. The van der Waals surface area contributed by atoms with E-state index in [4.69, 9.17) is 4.74 Å². The van der Waals surface area contributed by atoms with Crippen molar-refractivity contribution < 1.29 is 9.53 Å². The summed E-state index contributed by atoms with van der Waals surface area (Å²) >= 11 is 0. The quantitative estimate of drug-likeness (QED) is 0.394. The molecule has 0 aromatic heterocycles. The molecule has 0 aliphatic heterocycles. The maximum absolute atomic E-state index is 10.7. The maximum Gasteiger partial charge on any atom is 0.310 e. The summed E-state index contributed by atoms with van der Waals surface area (Å²) in [5, 5.41) is 3.14. The van der Waals surface area contributed by atoms with Gasteiger partial charge in [-0.25, -0.2) is 4.99 Å². The molecule has 1 aliphatic rings. The Morgan fingerprint density at radius 1 is 1.36 bits per heavy atom. The summed E-state index contributed by atoms with van der Waals surface area (Å²) in [5.74, 6) is -0.325. The summed E-state index contributed by atoms with van der Waals surface area (Å²) < 4.78 is 4.90. The van der Waals surface area contributed by atoms with Crippen molar-refractivity contribution in [3.05, 3.63) is 0 Å². The number of hydrogen-bond donors (Lipinski definition) is 1. The molecular weight excluding hydrogens is 180 g/mol. The third-order valence-corrected chi connectivity index (χ3v) is 2.38. The molecule has 0 radical (unpaired) electrons. The van der Waals surface area contributed by atoms with Gasteiger partial charge in [-0.1, -0.05) is 19.3 Å². The lowest BCUT2D eigenvalue weighted by Gasteiger charge is -2.23. The molecule has 0 aromatic rings. The molecule has 4 heteroatoms. The first-order valence-electron chi connectivity index (χ1n) is 5.14. The lowest BCUT2D eigenvalue weighted by Crippen LogP contribution is -2.38. The highest BCUT2D eigenvalue weighted by atomic mass is 16.6. The van der Waals surface area contributed by atoms with Gasteiger partial charge in [0.15, 0.2) is 0 Å². The van der Waals surface area contributed by atoms with E-state index in [-0.39, 0.29) is 5.97 Å². The van der Waals surface area contributed by atoms with E-state index in [0.29, 0.717) is 12.1 Å². The monoisotopic (exact) mass is 198 g/mol. The molecule has 0 atom stereocenters. The molecule has 1 aliphatic carbocycles. The summed E-state index contributed by atoms with van der Waals surface area (Å²) in [7, 11) is 1.62. The van der Waals surface area contributed by atoms with Crippen LogP contribution in [-0.4, -0.2) is 25.1 Å². The number of hydrogen-bond acceptors (Lipinski definition) is 3. The SMILES string of the molecule is CN=C(NC1CCCCC1)OC(C)=O. The largest absolute Gasteiger partial charge is 0.393 e. The van der Waals surface area contributed by atoms with Crippen molar-refractivity contribution in [1.82, 2.24) is 5.32 Å². The lowest BCUT2D eigenvalue weighted by molar-refractivity contribution is -0.133. The smallest absolute Gasteiger partial charge is 0.310 e. The number of rotatable bonds is 1. The lowest BCUT2D eigenvalue weighted by atomic mass is 9.96. The molecule has 0 amide bonds. The van der Waals surface area contributed by atoms with Gasteiger partial charge in [0.25, 0.3) is 6.02 Å². The summed E-state index contributed by atoms with van der Waals surface area (Å²) in [6.45, 7) is 1.38. The fourth-order valence-electron chi connectivity index (χ4n) is 1.70. The number of nitrogens with zero attached hydrogens (tertiary/aromatic N) is 1. The third-order valence-electron chi connectivity index (χ3n) is 2.38. The Kier molecular flexibility index (Phi) is 4.43. The Morgan fingerprint density at radius 3 is 2.50 bits per heavy atom. The highest BCUT2D eigenvalue weighted by Crippen LogP contribution is 2.17.